The molecule has 24 heavy (non-hydrogen) atoms. The molecule has 128 valence electrons. The van der Waals surface area contributed by atoms with Crippen LogP contribution in [0.3, 0.4) is 0 Å². The number of carbonyl (C=O) groups is 2. The SMILES string of the molecule is CCOC(=O)C1CCN(C(=O)/C=C/c2ccc3c(c2)OCO3)CC1. The van der Waals surface area contributed by atoms with Crippen molar-refractivity contribution in [3.63, 3.8) is 0 Å². The summed E-state index contributed by atoms with van der Waals surface area (Å²) in [6.45, 7) is 3.59. The molecule has 0 aliphatic carbocycles. The zero-order chi connectivity index (χ0) is 16.9. The van der Waals surface area contributed by atoms with Gasteiger partial charge in [0.1, 0.15) is 0 Å². The summed E-state index contributed by atoms with van der Waals surface area (Å²) in [6, 6.07) is 5.56. The summed E-state index contributed by atoms with van der Waals surface area (Å²) in [5.74, 6) is 1.13. The first-order valence-electron chi connectivity index (χ1n) is 8.20. The number of rotatable bonds is 4. The first-order valence-corrected chi connectivity index (χ1v) is 8.20. The molecule has 0 saturated carbocycles. The molecular weight excluding hydrogens is 310 g/mol. The maximum Gasteiger partial charge on any atom is 0.309 e. The number of amides is 1. The average Bonchev–Trinajstić information content (AvgIpc) is 3.07. The molecule has 0 unspecified atom stereocenters. The highest BCUT2D eigenvalue weighted by atomic mass is 16.7. The average molecular weight is 331 g/mol. The number of esters is 1. The fourth-order valence-corrected chi connectivity index (χ4v) is 2.89. The van der Waals surface area contributed by atoms with Crippen LogP contribution in [0, 0.1) is 5.92 Å². The third kappa shape index (κ3) is 3.69. The topological polar surface area (TPSA) is 65.1 Å². The number of likely N-dealkylation sites (tertiary alicyclic amines) is 1. The summed E-state index contributed by atoms with van der Waals surface area (Å²) in [5.41, 5.74) is 0.883. The highest BCUT2D eigenvalue weighted by Gasteiger charge is 2.27. The van der Waals surface area contributed by atoms with Gasteiger partial charge in [-0.3, -0.25) is 9.59 Å². The van der Waals surface area contributed by atoms with Gasteiger partial charge in [-0.15, -0.1) is 0 Å². The van der Waals surface area contributed by atoms with Crippen molar-refractivity contribution in [3.8, 4) is 11.5 Å². The van der Waals surface area contributed by atoms with E-state index < -0.39 is 0 Å². The smallest absolute Gasteiger partial charge is 0.309 e. The van der Waals surface area contributed by atoms with E-state index >= 15 is 0 Å². The molecule has 3 rings (SSSR count). The van der Waals surface area contributed by atoms with E-state index in [1.54, 1.807) is 24.0 Å². The van der Waals surface area contributed by atoms with E-state index in [0.717, 1.165) is 11.3 Å². The number of ether oxygens (including phenoxy) is 3. The Morgan fingerprint density at radius 1 is 1.25 bits per heavy atom. The van der Waals surface area contributed by atoms with Gasteiger partial charge in [-0.05, 0) is 43.5 Å². The van der Waals surface area contributed by atoms with Crippen LogP contribution in [-0.2, 0) is 14.3 Å². The van der Waals surface area contributed by atoms with Crippen LogP contribution in [0.2, 0.25) is 0 Å². The number of nitrogens with zero attached hydrogens (tertiary/aromatic N) is 1. The highest BCUT2D eigenvalue weighted by molar-refractivity contribution is 5.92. The van der Waals surface area contributed by atoms with Gasteiger partial charge in [-0.2, -0.15) is 0 Å². The minimum atomic E-state index is -0.152. The van der Waals surface area contributed by atoms with Crippen molar-refractivity contribution >= 4 is 18.0 Å². The Morgan fingerprint density at radius 3 is 2.75 bits per heavy atom. The Balaban J connectivity index is 1.53. The van der Waals surface area contributed by atoms with Gasteiger partial charge in [-0.1, -0.05) is 6.07 Å². The van der Waals surface area contributed by atoms with Gasteiger partial charge >= 0.3 is 5.97 Å². The van der Waals surface area contributed by atoms with Gasteiger partial charge in [0.05, 0.1) is 12.5 Å². The molecule has 2 heterocycles. The highest BCUT2D eigenvalue weighted by Crippen LogP contribution is 2.32. The quantitative estimate of drug-likeness (QED) is 0.625. The van der Waals surface area contributed by atoms with Crippen LogP contribution in [-0.4, -0.2) is 43.3 Å². The second kappa shape index (κ2) is 7.38. The monoisotopic (exact) mass is 331 g/mol. The molecule has 0 N–H and O–H groups in total. The lowest BCUT2D eigenvalue weighted by Crippen LogP contribution is -2.39. The Labute approximate surface area is 141 Å². The second-order valence-electron chi connectivity index (χ2n) is 5.80. The van der Waals surface area contributed by atoms with Crippen molar-refractivity contribution in [3.05, 3.63) is 29.8 Å². The predicted molar refractivity (Wildman–Crippen MR) is 87.5 cm³/mol. The fourth-order valence-electron chi connectivity index (χ4n) is 2.89. The summed E-state index contributed by atoms with van der Waals surface area (Å²) in [5, 5.41) is 0. The minimum absolute atomic E-state index is 0.0463. The van der Waals surface area contributed by atoms with Crippen molar-refractivity contribution in [2.75, 3.05) is 26.5 Å². The summed E-state index contributed by atoms with van der Waals surface area (Å²) in [4.78, 5) is 25.8. The van der Waals surface area contributed by atoms with Crippen molar-refractivity contribution in [2.24, 2.45) is 5.92 Å². The second-order valence-corrected chi connectivity index (χ2v) is 5.80. The lowest BCUT2D eigenvalue weighted by molar-refractivity contribution is -0.150. The molecule has 0 radical (unpaired) electrons. The Hall–Kier alpha value is -2.50. The molecule has 1 aromatic rings. The molecule has 0 aromatic heterocycles. The lowest BCUT2D eigenvalue weighted by atomic mass is 9.97. The van der Waals surface area contributed by atoms with Gasteiger partial charge in [0.2, 0.25) is 12.7 Å². The number of piperidine rings is 1. The molecule has 6 nitrogen and oxygen atoms in total. The fraction of sp³-hybridized carbons (Fsp3) is 0.444. The summed E-state index contributed by atoms with van der Waals surface area (Å²) in [7, 11) is 0. The molecule has 2 aliphatic rings. The number of carbonyl (C=O) groups excluding carboxylic acids is 2. The molecule has 0 atom stereocenters. The summed E-state index contributed by atoms with van der Waals surface area (Å²) >= 11 is 0. The molecule has 1 amide bonds. The Morgan fingerprint density at radius 2 is 2.00 bits per heavy atom. The van der Waals surface area contributed by atoms with Crippen LogP contribution in [0.5, 0.6) is 11.5 Å². The van der Waals surface area contributed by atoms with E-state index in [0.29, 0.717) is 38.3 Å². The summed E-state index contributed by atoms with van der Waals surface area (Å²) in [6.07, 6.45) is 4.63. The predicted octanol–water partition coefficient (Wildman–Crippen LogP) is 2.23. The lowest BCUT2D eigenvalue weighted by Gasteiger charge is -2.30. The van der Waals surface area contributed by atoms with Gasteiger partial charge in [0.25, 0.3) is 0 Å². The number of hydrogen-bond donors (Lipinski definition) is 0. The first-order chi connectivity index (χ1) is 11.7. The third-order valence-corrected chi connectivity index (χ3v) is 4.24. The van der Waals surface area contributed by atoms with E-state index in [1.165, 1.54) is 0 Å². The molecule has 1 saturated heterocycles. The maximum absolute atomic E-state index is 12.3. The zero-order valence-electron chi connectivity index (χ0n) is 13.7. The number of benzene rings is 1. The third-order valence-electron chi connectivity index (χ3n) is 4.24. The van der Waals surface area contributed by atoms with Gasteiger partial charge in [0.15, 0.2) is 11.5 Å². The van der Waals surface area contributed by atoms with Crippen LogP contribution >= 0.6 is 0 Å². The maximum atomic E-state index is 12.3. The van der Waals surface area contributed by atoms with Gasteiger partial charge in [-0.25, -0.2) is 0 Å². The van der Waals surface area contributed by atoms with Crippen LogP contribution in [0.1, 0.15) is 25.3 Å². The van der Waals surface area contributed by atoms with E-state index in [4.69, 9.17) is 14.2 Å². The van der Waals surface area contributed by atoms with E-state index in [9.17, 15) is 9.59 Å². The van der Waals surface area contributed by atoms with Crippen LogP contribution in [0.25, 0.3) is 6.08 Å². The molecule has 6 heteroatoms. The van der Waals surface area contributed by atoms with E-state index in [2.05, 4.69) is 0 Å². The van der Waals surface area contributed by atoms with Crippen molar-refractivity contribution in [1.29, 1.82) is 0 Å². The standard InChI is InChI=1S/C18H21NO5/c1-2-22-18(21)14-7-9-19(10-8-14)17(20)6-4-13-3-5-15-16(11-13)24-12-23-15/h3-6,11,14H,2,7-10,12H2,1H3/b6-4+. The Kier molecular flexibility index (Phi) is 5.03. The largest absolute Gasteiger partial charge is 0.466 e. The molecule has 0 bridgehead atoms. The first kappa shape index (κ1) is 16.4. The van der Waals surface area contributed by atoms with E-state index in [1.807, 2.05) is 18.2 Å². The van der Waals surface area contributed by atoms with E-state index in [-0.39, 0.29) is 24.6 Å². The molecule has 2 aliphatic heterocycles. The Bertz CT molecular complexity index is 647. The zero-order valence-corrected chi connectivity index (χ0v) is 13.7. The van der Waals surface area contributed by atoms with Crippen molar-refractivity contribution in [1.82, 2.24) is 4.90 Å². The molecule has 1 aromatic carbocycles. The normalized spacial score (nSPS) is 17.3. The van der Waals surface area contributed by atoms with Gasteiger partial charge in [0, 0.05) is 19.2 Å². The van der Waals surface area contributed by atoms with Crippen LogP contribution in [0.4, 0.5) is 0 Å². The number of hydrogen-bond acceptors (Lipinski definition) is 5. The number of fused-ring (bicyclic) bond motifs is 1. The molecule has 1 fully saturated rings. The van der Waals surface area contributed by atoms with Crippen molar-refractivity contribution in [2.45, 2.75) is 19.8 Å². The minimum Gasteiger partial charge on any atom is -0.466 e. The van der Waals surface area contributed by atoms with Gasteiger partial charge < -0.3 is 19.1 Å². The van der Waals surface area contributed by atoms with Crippen molar-refractivity contribution < 1.29 is 23.8 Å². The summed E-state index contributed by atoms with van der Waals surface area (Å²) < 4.78 is 15.6. The van der Waals surface area contributed by atoms with Crippen LogP contribution < -0.4 is 9.47 Å². The van der Waals surface area contributed by atoms with Crippen LogP contribution in [0.15, 0.2) is 24.3 Å². The molecule has 0 spiro atoms. The molecular formula is C18H21NO5.